The van der Waals surface area contributed by atoms with Crippen LogP contribution in [0.3, 0.4) is 0 Å². The van der Waals surface area contributed by atoms with Crippen molar-refractivity contribution in [3.63, 3.8) is 0 Å². The van der Waals surface area contributed by atoms with Crippen molar-refractivity contribution in [3.8, 4) is 10.7 Å². The number of aliphatic hydroxyl groups excluding tert-OH is 8. The number of imidazole rings is 1. The molecule has 4 aromatic rings. The maximum absolute atomic E-state index is 15.2. The summed E-state index contributed by atoms with van der Waals surface area (Å²) in [5.74, 6) is -7.63. The third kappa shape index (κ3) is 20.6. The van der Waals surface area contributed by atoms with Crippen LogP contribution < -0.4 is 60.6 Å². The molecule has 96 heavy (non-hydrogen) atoms. The molecule has 2 aliphatic rings. The lowest BCUT2D eigenvalue weighted by Crippen LogP contribution is -2.65. The molecule has 0 aromatic carbocycles. The minimum atomic E-state index is -2.20. The van der Waals surface area contributed by atoms with E-state index in [1.807, 2.05) is 0 Å². The number of carbonyl (C=O) groups is 8. The Morgan fingerprint density at radius 3 is 2.11 bits per heavy atom. The average Bonchev–Trinajstić information content (AvgIpc) is 1.02. The number of thiazole rings is 2. The fourth-order valence-electron chi connectivity index (χ4n) is 9.80. The summed E-state index contributed by atoms with van der Waals surface area (Å²) in [6.45, 7) is 3.19. The number of amides is 8. The highest BCUT2D eigenvalue weighted by molar-refractivity contribution is 7.95. The summed E-state index contributed by atoms with van der Waals surface area (Å²) in [4.78, 5) is 131. The monoisotopic (exact) mass is 1410 g/mol. The first kappa shape index (κ1) is 77.7. The molecule has 8 amide bonds. The number of nitrogens with zero attached hydrogens (tertiary/aromatic N) is 5. The highest BCUT2D eigenvalue weighted by Crippen LogP contribution is 2.35. The van der Waals surface area contributed by atoms with E-state index in [0.717, 1.165) is 24.7 Å². The van der Waals surface area contributed by atoms with Gasteiger partial charge in [-0.2, -0.15) is 0 Å². The third-order valence-corrected chi connectivity index (χ3v) is 18.3. The second-order valence-electron chi connectivity index (χ2n) is 22.8. The van der Waals surface area contributed by atoms with Gasteiger partial charge in [-0.15, -0.1) is 22.7 Å². The Morgan fingerprint density at radius 1 is 0.802 bits per heavy atom. The number of hydrogen-bond acceptors (Lipinski definition) is 31. The summed E-state index contributed by atoms with van der Waals surface area (Å²) in [5, 5.41) is 107. The zero-order valence-corrected chi connectivity index (χ0v) is 55.3. The van der Waals surface area contributed by atoms with Gasteiger partial charge in [0.1, 0.15) is 99.6 Å². The van der Waals surface area contributed by atoms with Crippen molar-refractivity contribution in [2.75, 3.05) is 56.8 Å². The van der Waals surface area contributed by atoms with Crippen LogP contribution in [0.15, 0.2) is 24.1 Å². The molecule has 0 aliphatic carbocycles. The van der Waals surface area contributed by atoms with Gasteiger partial charge in [-0.05, 0) is 31.7 Å². The Labute approximate surface area is 559 Å². The second kappa shape index (κ2) is 35.8. The predicted octanol–water partition coefficient (Wildman–Crippen LogP) is -7.70. The van der Waals surface area contributed by atoms with Gasteiger partial charge >= 0.3 is 6.09 Å². The Kier molecular flexibility index (Phi) is 29.0. The van der Waals surface area contributed by atoms with Gasteiger partial charge < -0.3 is 130 Å². The lowest BCUT2D eigenvalue weighted by Gasteiger charge is -2.47. The molecule has 38 nitrogen and oxygen atoms in total. The summed E-state index contributed by atoms with van der Waals surface area (Å²) in [6, 6.07) is -7.85. The second-order valence-corrected chi connectivity index (χ2v) is 27.2. The van der Waals surface area contributed by atoms with E-state index in [4.69, 9.17) is 52.4 Å². The number of hydrogen-bond donors (Lipinski definition) is 20. The van der Waals surface area contributed by atoms with Crippen molar-refractivity contribution in [1.29, 1.82) is 0 Å². The zero-order valence-electron chi connectivity index (χ0n) is 52.9. The van der Waals surface area contributed by atoms with Gasteiger partial charge in [0, 0.05) is 49.8 Å². The van der Waals surface area contributed by atoms with Crippen LogP contribution in [0.2, 0.25) is 0 Å². The van der Waals surface area contributed by atoms with Crippen molar-refractivity contribution in [2.24, 2.45) is 28.9 Å². The fraction of sp³-hybridized carbons (Fsp3) is 0.618. The quantitative estimate of drug-likeness (QED) is 0.0150. The van der Waals surface area contributed by atoms with Crippen LogP contribution in [0.1, 0.15) is 88.0 Å². The standard InChI is InChI=1S/C55H83N17O21S3/c1-20-33(69-46(72-44(20)58)25(12-31(57)76)64-13-24(56)45(59)82)50(86)71-35(41(26-14-61-19-66-26)91-54-43(39(80)37(78)28(16-73)90-54)92-53-40(81)42(93-55(60)88)38(79)29(17-74)89-53)51(87)67-22(3)36(77)21(2)47(83)70-34(23(4)75)49(85)63-10-8-32-68-27(18-94-32)52-65-15-30(95-52)48(84)62-9-7-11-96(5)6/h14-15,18-19,21-25,28-29,34-43,53-54,64,73-75,77-81H,7-13,16-17,56H2,1-6H3,(H13-,57,58,59,60,61,62,63,66,67,69,70,71,72,76,82,83,84,85,86,87,88)/p+1/t21-,22+,23+,24-,25-,28-,29+,34-,35-,36-,37+,38+,39-,40-,41-,42-,43-,53+,54-/m0/s1. The molecule has 0 unspecified atom stereocenters. The molecule has 6 heterocycles. The Bertz CT molecular complexity index is 3280. The number of aliphatic hydroxyl groups is 8. The summed E-state index contributed by atoms with van der Waals surface area (Å²) in [6.07, 6.45) is -18.5. The van der Waals surface area contributed by atoms with E-state index in [2.05, 4.69) is 74.3 Å². The van der Waals surface area contributed by atoms with E-state index in [-0.39, 0.29) is 59.2 Å². The number of anilines is 1. The molecule has 25 N–H and O–H groups in total. The summed E-state index contributed by atoms with van der Waals surface area (Å²) in [7, 11) is 0.258. The van der Waals surface area contributed by atoms with E-state index < -0.39 is 183 Å². The van der Waals surface area contributed by atoms with Crippen LogP contribution in [-0.4, -0.2) is 267 Å². The van der Waals surface area contributed by atoms with Gasteiger partial charge in [0.25, 0.3) is 11.8 Å². The van der Waals surface area contributed by atoms with Crippen LogP contribution in [0, 0.1) is 12.8 Å². The number of nitrogens with two attached hydrogens (primary N) is 5. The highest BCUT2D eigenvalue weighted by atomic mass is 32.2. The first-order chi connectivity index (χ1) is 45.3. The molecule has 2 saturated heterocycles. The van der Waals surface area contributed by atoms with Crippen LogP contribution in [0.4, 0.5) is 10.6 Å². The number of aromatic amines is 1. The van der Waals surface area contributed by atoms with Crippen LogP contribution >= 0.6 is 22.7 Å². The van der Waals surface area contributed by atoms with E-state index in [9.17, 15) is 74.4 Å². The minimum absolute atomic E-state index is 0.00498. The van der Waals surface area contributed by atoms with Crippen LogP contribution in [0.5, 0.6) is 0 Å². The first-order valence-corrected chi connectivity index (χ1v) is 33.8. The smallest absolute Gasteiger partial charge is 0.404 e. The predicted molar refractivity (Wildman–Crippen MR) is 339 cm³/mol. The number of nitrogens with one attached hydrogen (secondary N) is 7. The lowest BCUT2D eigenvalue weighted by atomic mass is 9.96. The summed E-state index contributed by atoms with van der Waals surface area (Å²) < 4.78 is 28.7. The molecule has 6 rings (SSSR count). The molecule has 2 aliphatic heterocycles. The van der Waals surface area contributed by atoms with E-state index in [1.54, 1.807) is 5.38 Å². The maximum atomic E-state index is 15.2. The largest absolute Gasteiger partial charge is 0.441 e. The van der Waals surface area contributed by atoms with E-state index in [1.165, 1.54) is 56.6 Å². The molecule has 532 valence electrons. The van der Waals surface area contributed by atoms with Crippen molar-refractivity contribution in [3.05, 3.63) is 56.8 Å². The van der Waals surface area contributed by atoms with Gasteiger partial charge in [0.05, 0.1) is 91.4 Å². The molecular formula is C55H84N17O21S3+. The SMILES string of the molecule is Cc1c(N)nc([C@H](CC(N)=O)NC[C@H](N)C(N)=O)nc1C(=O)N[C@H](C(=O)N[C@H](C)[C@@H](O)[C@H](C)C(=O)N[C@H](C(=O)NCCc1nc(-c2ncc(C(=O)NCCC[S+](C)C)s2)cs1)[C@@H](C)O)[C@@H](O[C@@H]1O[C@@H](CO)[C@@H](O)[C@H](O)[C@@H]1O[C@H]1O[C@H](CO)[C@@H](O)[C@H](OC(N)=O)[C@@H]1O)c1cnc[nH]1. The Morgan fingerprint density at radius 2 is 1.49 bits per heavy atom. The molecule has 4 aromatic heterocycles. The zero-order chi connectivity index (χ0) is 71.0. The first-order valence-electron chi connectivity index (χ1n) is 29.8. The molecule has 0 radical (unpaired) electrons. The van der Waals surface area contributed by atoms with E-state index in [0.29, 0.717) is 27.1 Å². The van der Waals surface area contributed by atoms with E-state index >= 15 is 4.79 Å². The average molecular weight is 1420 g/mol. The fourth-order valence-corrected chi connectivity index (χ4v) is 12.2. The maximum Gasteiger partial charge on any atom is 0.404 e. The summed E-state index contributed by atoms with van der Waals surface area (Å²) >= 11 is 2.46. The van der Waals surface area contributed by atoms with Crippen LogP contribution in [0.25, 0.3) is 10.7 Å². The number of carbonyl (C=O) groups excluding carboxylic acids is 8. The third-order valence-electron chi connectivity index (χ3n) is 15.3. The Balaban J connectivity index is 1.26. The van der Waals surface area contributed by atoms with Crippen molar-refractivity contribution < 1.29 is 103 Å². The van der Waals surface area contributed by atoms with Gasteiger partial charge in [-0.1, -0.05) is 6.92 Å². The van der Waals surface area contributed by atoms with Gasteiger partial charge in [0.2, 0.25) is 29.5 Å². The van der Waals surface area contributed by atoms with Crippen molar-refractivity contribution >= 4 is 86.8 Å². The van der Waals surface area contributed by atoms with Crippen LogP contribution in [-0.2, 0) is 65.0 Å². The number of nitrogen functional groups attached to an aromatic ring is 1. The number of ether oxygens (including phenoxy) is 5. The molecule has 0 bridgehead atoms. The van der Waals surface area contributed by atoms with Gasteiger partial charge in [0.15, 0.2) is 18.7 Å². The molecule has 0 saturated carbocycles. The molecule has 0 spiro atoms. The topological polar surface area (TPSA) is 627 Å². The number of primary amides is 3. The number of rotatable bonds is 35. The minimum Gasteiger partial charge on any atom is -0.441 e. The molecular weight excluding hydrogens is 1330 g/mol. The Hall–Kier alpha value is -7.30. The van der Waals surface area contributed by atoms with Crippen molar-refractivity contribution in [2.45, 2.75) is 157 Å². The number of H-pyrrole nitrogens is 1. The number of aromatic nitrogens is 6. The molecule has 41 heteroatoms. The van der Waals surface area contributed by atoms with Crippen molar-refractivity contribution in [1.82, 2.24) is 61.8 Å². The molecule has 2 fully saturated rings. The van der Waals surface area contributed by atoms with Gasteiger partial charge in [-0.25, -0.2) is 29.7 Å². The normalized spacial score (nSPS) is 24.0. The summed E-state index contributed by atoms with van der Waals surface area (Å²) in [5.41, 5.74) is 27.8. The molecule has 19 atom stereocenters. The highest BCUT2D eigenvalue weighted by Gasteiger charge is 2.54. The lowest BCUT2D eigenvalue weighted by molar-refractivity contribution is -0.372. The van der Waals surface area contributed by atoms with Gasteiger partial charge in [-0.3, -0.25) is 33.6 Å².